The molecule has 2 aromatic rings. The summed E-state index contributed by atoms with van der Waals surface area (Å²) in [4.78, 5) is 12.0. The van der Waals surface area contributed by atoms with Crippen LogP contribution < -0.4 is 10.5 Å². The number of ether oxygens (including phenoxy) is 2. The van der Waals surface area contributed by atoms with E-state index in [1.807, 2.05) is 19.1 Å². The van der Waals surface area contributed by atoms with E-state index < -0.39 is 29.5 Å². The third kappa shape index (κ3) is 3.57. The second-order valence-corrected chi connectivity index (χ2v) is 6.59. The zero-order valence-electron chi connectivity index (χ0n) is 14.3. The predicted octanol–water partition coefficient (Wildman–Crippen LogP) is 2.22. The molecule has 1 aliphatic heterocycles. The first-order chi connectivity index (χ1) is 12.4. The fourth-order valence-corrected chi connectivity index (χ4v) is 3.43. The van der Waals surface area contributed by atoms with Crippen molar-refractivity contribution in [3.05, 3.63) is 58.7 Å². The molecule has 0 amide bonds. The van der Waals surface area contributed by atoms with Gasteiger partial charge in [-0.15, -0.1) is 0 Å². The number of carbonyl (C=O) groups excluding carboxylic acids is 1. The number of esters is 1. The quantitative estimate of drug-likeness (QED) is 0.484. The van der Waals surface area contributed by atoms with Crippen LogP contribution in [0.3, 0.4) is 0 Å². The van der Waals surface area contributed by atoms with Crippen molar-refractivity contribution in [1.29, 1.82) is 0 Å². The third-order valence-corrected chi connectivity index (χ3v) is 4.66. The van der Waals surface area contributed by atoms with E-state index in [2.05, 4.69) is 0 Å². The third-order valence-electron chi connectivity index (χ3n) is 4.30. The molecule has 2 N–H and O–H groups in total. The van der Waals surface area contributed by atoms with Gasteiger partial charge in [-0.25, -0.2) is 9.00 Å². The summed E-state index contributed by atoms with van der Waals surface area (Å²) in [5.41, 5.74) is 8.93. The molecule has 0 aromatic heterocycles. The Morgan fingerprint density at radius 2 is 2.00 bits per heavy atom. The van der Waals surface area contributed by atoms with Gasteiger partial charge in [-0.05, 0) is 24.6 Å². The first-order valence-electron chi connectivity index (χ1n) is 7.90. The van der Waals surface area contributed by atoms with Gasteiger partial charge in [-0.2, -0.15) is 0 Å². The van der Waals surface area contributed by atoms with Crippen LogP contribution >= 0.6 is 0 Å². The summed E-state index contributed by atoms with van der Waals surface area (Å²) in [6, 6.07) is 10.4. The van der Waals surface area contributed by atoms with E-state index in [0.717, 1.165) is 5.56 Å². The van der Waals surface area contributed by atoms with Crippen molar-refractivity contribution in [2.24, 2.45) is 0 Å². The van der Waals surface area contributed by atoms with Crippen LogP contribution in [-0.2, 0) is 26.7 Å². The Labute approximate surface area is 153 Å². The lowest BCUT2D eigenvalue weighted by atomic mass is 9.97. The van der Waals surface area contributed by atoms with Gasteiger partial charge in [0.2, 0.25) is 0 Å². The Morgan fingerprint density at radius 1 is 1.31 bits per heavy atom. The normalized spacial score (nSPS) is 17.9. The van der Waals surface area contributed by atoms with Crippen LogP contribution in [0.25, 0.3) is 0 Å². The van der Waals surface area contributed by atoms with Gasteiger partial charge in [0.05, 0.1) is 29.7 Å². The molecule has 0 saturated heterocycles. The topological polar surface area (TPSA) is 111 Å². The number of hydrogen-bond donors (Lipinski definition) is 1. The second kappa shape index (κ2) is 7.45. The molecule has 8 heteroatoms. The first kappa shape index (κ1) is 18.4. The van der Waals surface area contributed by atoms with Gasteiger partial charge in [-0.3, -0.25) is 4.18 Å². The molecule has 26 heavy (non-hydrogen) atoms. The first-order valence-corrected chi connectivity index (χ1v) is 8.90. The highest BCUT2D eigenvalue weighted by molar-refractivity contribution is 7.74. The number of hydrogen-bond acceptors (Lipinski definition) is 7. The number of aryl methyl sites for hydroxylation is 1. The van der Waals surface area contributed by atoms with E-state index >= 15 is 0 Å². The molecule has 3 atom stereocenters. The Kier molecular flexibility index (Phi) is 5.26. The molecule has 7 nitrogen and oxygen atoms in total. The summed E-state index contributed by atoms with van der Waals surface area (Å²) in [5.74, 6) is -0.152. The van der Waals surface area contributed by atoms with Gasteiger partial charge in [0.1, 0.15) is 18.0 Å². The molecule has 0 aliphatic carbocycles. The smallest absolute Gasteiger partial charge is 0.338 e. The average molecular weight is 376 g/mol. The molecule has 0 saturated carbocycles. The van der Waals surface area contributed by atoms with E-state index in [9.17, 15) is 13.6 Å². The van der Waals surface area contributed by atoms with Crippen LogP contribution in [-0.4, -0.2) is 27.9 Å². The van der Waals surface area contributed by atoms with Crippen molar-refractivity contribution < 1.29 is 27.2 Å². The van der Waals surface area contributed by atoms with Crippen LogP contribution in [0.15, 0.2) is 36.4 Å². The van der Waals surface area contributed by atoms with Gasteiger partial charge >= 0.3 is 5.97 Å². The molecule has 0 fully saturated rings. The van der Waals surface area contributed by atoms with Crippen LogP contribution in [0.4, 0.5) is 5.69 Å². The van der Waals surface area contributed by atoms with Crippen molar-refractivity contribution in [3.63, 3.8) is 0 Å². The summed E-state index contributed by atoms with van der Waals surface area (Å²) in [7, 11) is 1.29. The minimum atomic E-state index is -2.74. The van der Waals surface area contributed by atoms with Gasteiger partial charge < -0.3 is 19.8 Å². The Hall–Kier alpha value is -2.42. The Morgan fingerprint density at radius 3 is 2.62 bits per heavy atom. The molecule has 3 rings (SSSR count). The molecule has 0 bridgehead atoms. The number of benzene rings is 2. The van der Waals surface area contributed by atoms with Gasteiger partial charge in [0.25, 0.3) is 0 Å². The van der Waals surface area contributed by atoms with Crippen LogP contribution in [0.2, 0.25) is 0 Å². The fraction of sp³-hybridized carbons (Fsp3) is 0.278. The lowest BCUT2D eigenvalue weighted by molar-refractivity contribution is 0.0598. The minimum Gasteiger partial charge on any atom is -0.750 e. The van der Waals surface area contributed by atoms with E-state index in [0.29, 0.717) is 28.1 Å². The van der Waals surface area contributed by atoms with Crippen molar-refractivity contribution in [2.45, 2.75) is 25.6 Å². The molecule has 138 valence electrons. The van der Waals surface area contributed by atoms with E-state index in [1.54, 1.807) is 24.3 Å². The molecule has 3 unspecified atom stereocenters. The maximum Gasteiger partial charge on any atom is 0.338 e. The molecular formula is C18H18NO6S-. The average Bonchev–Trinajstić information content (AvgIpc) is 3.06. The molecule has 1 heterocycles. The highest BCUT2D eigenvalue weighted by Crippen LogP contribution is 2.41. The minimum absolute atomic E-state index is 0.264. The number of nitrogen functional groups attached to an aromatic ring is 1. The lowest BCUT2D eigenvalue weighted by Crippen LogP contribution is -2.26. The van der Waals surface area contributed by atoms with Crippen molar-refractivity contribution in [3.8, 4) is 5.75 Å². The maximum absolute atomic E-state index is 12.0. The van der Waals surface area contributed by atoms with Gasteiger partial charge in [-0.1, -0.05) is 29.8 Å². The Bertz CT molecular complexity index is 852. The van der Waals surface area contributed by atoms with Crippen molar-refractivity contribution in [2.75, 3.05) is 12.8 Å². The maximum atomic E-state index is 12.0. The second-order valence-electron chi connectivity index (χ2n) is 5.99. The molecule has 1 aliphatic rings. The van der Waals surface area contributed by atoms with E-state index in [1.165, 1.54) is 7.11 Å². The zero-order valence-corrected chi connectivity index (χ0v) is 15.1. The number of nitrogens with two attached hydrogens (primary N) is 1. The zero-order chi connectivity index (χ0) is 18.8. The summed E-state index contributed by atoms with van der Waals surface area (Å²) in [6.45, 7) is 1.93. The number of carbonyl (C=O) groups is 1. The monoisotopic (exact) mass is 376 g/mol. The fourth-order valence-electron chi connectivity index (χ4n) is 3.02. The molecular weight excluding hydrogens is 358 g/mol. The van der Waals surface area contributed by atoms with Gasteiger partial charge in [0.15, 0.2) is 0 Å². The predicted molar refractivity (Wildman–Crippen MR) is 94.2 cm³/mol. The summed E-state index contributed by atoms with van der Waals surface area (Å²) < 4.78 is 38.2. The standard InChI is InChI=1S/C18H19NO6S/c1-10-3-5-11(6-4-10)16(25-26(21)22)15-9-13-12(18(20)23-2)7-8-14(19)17(13)24-15/h3-8,15-16H,9,19H2,1-2H3,(H,21,22)/p-1. The van der Waals surface area contributed by atoms with E-state index in [4.69, 9.17) is 19.4 Å². The van der Waals surface area contributed by atoms with Crippen LogP contribution in [0.5, 0.6) is 5.75 Å². The number of methoxy groups -OCH3 is 1. The van der Waals surface area contributed by atoms with Crippen molar-refractivity contribution in [1.82, 2.24) is 0 Å². The van der Waals surface area contributed by atoms with Crippen LogP contribution in [0.1, 0.15) is 33.2 Å². The SMILES string of the molecule is COC(=O)c1ccc(N)c2c1CC(C(OS(=O)[O-])c1ccc(C)cc1)O2. The highest BCUT2D eigenvalue weighted by Gasteiger charge is 2.36. The van der Waals surface area contributed by atoms with Crippen LogP contribution in [0, 0.1) is 6.92 Å². The molecule has 0 radical (unpaired) electrons. The molecule has 0 spiro atoms. The summed E-state index contributed by atoms with van der Waals surface area (Å²) in [6.07, 6.45) is -1.26. The van der Waals surface area contributed by atoms with Crippen molar-refractivity contribution >= 4 is 23.0 Å². The van der Waals surface area contributed by atoms with E-state index in [-0.39, 0.29) is 6.42 Å². The number of anilines is 1. The number of fused-ring (bicyclic) bond motifs is 1. The van der Waals surface area contributed by atoms with Gasteiger partial charge in [0, 0.05) is 12.0 Å². The largest absolute Gasteiger partial charge is 0.750 e. The number of rotatable bonds is 5. The highest BCUT2D eigenvalue weighted by atomic mass is 32.2. The molecule has 2 aromatic carbocycles. The summed E-state index contributed by atoms with van der Waals surface area (Å²) in [5, 5.41) is 0. The lowest BCUT2D eigenvalue weighted by Gasteiger charge is -2.24. The summed E-state index contributed by atoms with van der Waals surface area (Å²) >= 11 is -2.74. The Balaban J connectivity index is 1.97.